The molecule has 1 aliphatic carbocycles. The molecular weight excluding hydrogens is 144 g/mol. The number of rotatable bonds is 1. The molecule has 2 rings (SSSR count). The van der Waals surface area contributed by atoms with Crippen molar-refractivity contribution in [1.29, 1.82) is 0 Å². The SMILES string of the molecule is CCc1cccc2c1C(C)=CC2. The summed E-state index contributed by atoms with van der Waals surface area (Å²) >= 11 is 0. The number of fused-ring (bicyclic) bond motifs is 1. The van der Waals surface area contributed by atoms with Crippen LogP contribution in [0.25, 0.3) is 5.57 Å². The first kappa shape index (κ1) is 7.60. The van der Waals surface area contributed by atoms with Crippen LogP contribution in [0.1, 0.15) is 30.5 Å². The van der Waals surface area contributed by atoms with E-state index in [9.17, 15) is 0 Å². The lowest BCUT2D eigenvalue weighted by Gasteiger charge is -2.07. The van der Waals surface area contributed by atoms with Crippen LogP contribution in [-0.2, 0) is 12.8 Å². The summed E-state index contributed by atoms with van der Waals surface area (Å²) in [5.41, 5.74) is 5.98. The van der Waals surface area contributed by atoms with Crippen LogP contribution in [0.15, 0.2) is 24.3 Å². The maximum Gasteiger partial charge on any atom is -0.00854 e. The topological polar surface area (TPSA) is 0 Å². The monoisotopic (exact) mass is 158 g/mol. The van der Waals surface area contributed by atoms with Gasteiger partial charge < -0.3 is 0 Å². The van der Waals surface area contributed by atoms with Crippen LogP contribution in [0, 0.1) is 0 Å². The molecule has 1 aromatic rings. The van der Waals surface area contributed by atoms with E-state index in [1.807, 2.05) is 0 Å². The van der Waals surface area contributed by atoms with Crippen molar-refractivity contribution in [3.63, 3.8) is 0 Å². The van der Waals surface area contributed by atoms with Crippen molar-refractivity contribution in [1.82, 2.24) is 0 Å². The summed E-state index contributed by atoms with van der Waals surface area (Å²) in [5, 5.41) is 0. The predicted octanol–water partition coefficient (Wildman–Crippen LogP) is 3.21. The quantitative estimate of drug-likeness (QED) is 0.588. The van der Waals surface area contributed by atoms with Crippen molar-refractivity contribution in [2.24, 2.45) is 0 Å². The molecule has 0 bridgehead atoms. The highest BCUT2D eigenvalue weighted by Crippen LogP contribution is 2.30. The summed E-state index contributed by atoms with van der Waals surface area (Å²) < 4.78 is 0. The number of aryl methyl sites for hydroxylation is 1. The molecule has 0 nitrogen and oxygen atoms in total. The second kappa shape index (κ2) is 2.78. The highest BCUT2D eigenvalue weighted by Gasteiger charge is 2.12. The zero-order chi connectivity index (χ0) is 8.55. The maximum atomic E-state index is 2.32. The zero-order valence-electron chi connectivity index (χ0n) is 7.72. The van der Waals surface area contributed by atoms with Crippen LogP contribution < -0.4 is 0 Å². The van der Waals surface area contributed by atoms with E-state index in [2.05, 4.69) is 38.1 Å². The molecule has 0 aromatic heterocycles. The molecule has 0 atom stereocenters. The van der Waals surface area contributed by atoms with Gasteiger partial charge >= 0.3 is 0 Å². The van der Waals surface area contributed by atoms with Gasteiger partial charge in [0.05, 0.1) is 0 Å². The molecule has 0 heterocycles. The van der Waals surface area contributed by atoms with E-state index in [4.69, 9.17) is 0 Å². The van der Waals surface area contributed by atoms with E-state index in [1.54, 1.807) is 0 Å². The second-order valence-corrected chi connectivity index (χ2v) is 3.40. The Kier molecular flexibility index (Phi) is 1.76. The predicted molar refractivity (Wildman–Crippen MR) is 53.2 cm³/mol. The van der Waals surface area contributed by atoms with E-state index in [0.717, 1.165) is 12.8 Å². The normalized spacial score (nSPS) is 14.3. The van der Waals surface area contributed by atoms with E-state index >= 15 is 0 Å². The van der Waals surface area contributed by atoms with E-state index in [0.29, 0.717) is 0 Å². The number of allylic oxidation sites excluding steroid dienone is 2. The summed E-state index contributed by atoms with van der Waals surface area (Å²) in [6, 6.07) is 6.65. The molecule has 62 valence electrons. The average molecular weight is 158 g/mol. The fourth-order valence-electron chi connectivity index (χ4n) is 1.99. The second-order valence-electron chi connectivity index (χ2n) is 3.40. The van der Waals surface area contributed by atoms with Gasteiger partial charge in [-0.2, -0.15) is 0 Å². The van der Waals surface area contributed by atoms with E-state index in [-0.39, 0.29) is 0 Å². The summed E-state index contributed by atoms with van der Waals surface area (Å²) in [7, 11) is 0. The molecule has 0 radical (unpaired) electrons. The third kappa shape index (κ3) is 0.989. The van der Waals surface area contributed by atoms with Crippen LogP contribution in [0.5, 0.6) is 0 Å². The molecule has 1 aliphatic rings. The van der Waals surface area contributed by atoms with Crippen LogP contribution in [0.4, 0.5) is 0 Å². The Morgan fingerprint density at radius 2 is 2.17 bits per heavy atom. The Labute approximate surface area is 73.9 Å². The minimum atomic E-state index is 1.13. The van der Waals surface area contributed by atoms with Crippen molar-refractivity contribution < 1.29 is 0 Å². The van der Waals surface area contributed by atoms with Crippen molar-refractivity contribution in [2.75, 3.05) is 0 Å². The van der Waals surface area contributed by atoms with Gasteiger partial charge in [-0.25, -0.2) is 0 Å². The molecule has 0 unspecified atom stereocenters. The Bertz CT molecular complexity index is 332. The lowest BCUT2D eigenvalue weighted by atomic mass is 9.98. The van der Waals surface area contributed by atoms with Crippen LogP contribution in [-0.4, -0.2) is 0 Å². The van der Waals surface area contributed by atoms with Gasteiger partial charge in [-0.05, 0) is 42.0 Å². The lowest BCUT2D eigenvalue weighted by molar-refractivity contribution is 1.12. The summed E-state index contributed by atoms with van der Waals surface area (Å²) in [6.07, 6.45) is 4.60. The Hall–Kier alpha value is -1.04. The minimum Gasteiger partial charge on any atom is -0.0766 e. The smallest absolute Gasteiger partial charge is 0.00854 e. The Morgan fingerprint density at radius 3 is 2.92 bits per heavy atom. The number of benzene rings is 1. The molecule has 0 saturated heterocycles. The molecule has 0 saturated carbocycles. The first-order valence-electron chi connectivity index (χ1n) is 4.61. The summed E-state index contributed by atoms with van der Waals surface area (Å²) in [4.78, 5) is 0. The van der Waals surface area contributed by atoms with Crippen LogP contribution >= 0.6 is 0 Å². The molecule has 0 N–H and O–H groups in total. The average Bonchev–Trinajstić information content (AvgIpc) is 2.48. The van der Waals surface area contributed by atoms with Crippen LogP contribution in [0.2, 0.25) is 0 Å². The first-order chi connectivity index (χ1) is 5.83. The van der Waals surface area contributed by atoms with Gasteiger partial charge in [-0.1, -0.05) is 31.2 Å². The third-order valence-corrected chi connectivity index (χ3v) is 2.64. The van der Waals surface area contributed by atoms with Crippen LogP contribution in [0.3, 0.4) is 0 Å². The standard InChI is InChI=1S/C12H14/c1-3-10-5-4-6-11-8-7-9(2)12(10)11/h4-7H,3,8H2,1-2H3. The molecule has 0 heteroatoms. The van der Waals surface area contributed by atoms with Crippen molar-refractivity contribution in [3.05, 3.63) is 41.0 Å². The van der Waals surface area contributed by atoms with Gasteiger partial charge in [-0.3, -0.25) is 0 Å². The van der Waals surface area contributed by atoms with Gasteiger partial charge in [0, 0.05) is 0 Å². The van der Waals surface area contributed by atoms with Gasteiger partial charge in [-0.15, -0.1) is 0 Å². The summed E-state index contributed by atoms with van der Waals surface area (Å²) in [6.45, 7) is 4.44. The zero-order valence-corrected chi connectivity index (χ0v) is 7.72. The fraction of sp³-hybridized carbons (Fsp3) is 0.333. The van der Waals surface area contributed by atoms with Crippen molar-refractivity contribution >= 4 is 5.57 Å². The molecule has 0 aliphatic heterocycles. The van der Waals surface area contributed by atoms with E-state index < -0.39 is 0 Å². The molecule has 12 heavy (non-hydrogen) atoms. The third-order valence-electron chi connectivity index (χ3n) is 2.64. The number of hydrogen-bond acceptors (Lipinski definition) is 0. The number of hydrogen-bond donors (Lipinski definition) is 0. The minimum absolute atomic E-state index is 1.13. The molecule has 0 fully saturated rings. The van der Waals surface area contributed by atoms with E-state index in [1.165, 1.54) is 22.3 Å². The molecule has 0 amide bonds. The van der Waals surface area contributed by atoms with Crippen molar-refractivity contribution in [3.8, 4) is 0 Å². The molecule has 0 spiro atoms. The molecule has 1 aromatic carbocycles. The highest BCUT2D eigenvalue weighted by molar-refractivity contribution is 5.74. The molecular formula is C12H14. The largest absolute Gasteiger partial charge is 0.0766 e. The highest BCUT2D eigenvalue weighted by atomic mass is 14.2. The van der Waals surface area contributed by atoms with Gasteiger partial charge in [0.15, 0.2) is 0 Å². The maximum absolute atomic E-state index is 2.32. The first-order valence-corrected chi connectivity index (χ1v) is 4.61. The fourth-order valence-corrected chi connectivity index (χ4v) is 1.99. The Balaban J connectivity index is 2.60. The Morgan fingerprint density at radius 1 is 1.33 bits per heavy atom. The lowest BCUT2D eigenvalue weighted by Crippen LogP contribution is -1.90. The summed E-state index contributed by atoms with van der Waals surface area (Å²) in [5.74, 6) is 0. The van der Waals surface area contributed by atoms with Crippen molar-refractivity contribution in [2.45, 2.75) is 26.7 Å². The van der Waals surface area contributed by atoms with Gasteiger partial charge in [0.25, 0.3) is 0 Å². The van der Waals surface area contributed by atoms with Gasteiger partial charge in [0.2, 0.25) is 0 Å². The van der Waals surface area contributed by atoms with Gasteiger partial charge in [0.1, 0.15) is 0 Å².